The number of carbonyl (C=O) groups excluding carboxylic acids is 1. The predicted octanol–water partition coefficient (Wildman–Crippen LogP) is 2.32. The van der Waals surface area contributed by atoms with Gasteiger partial charge in [0.1, 0.15) is 11.4 Å². The molecule has 7 heteroatoms. The van der Waals surface area contributed by atoms with Crippen LogP contribution in [0.4, 0.5) is 5.69 Å². The number of amides is 1. The fourth-order valence-corrected chi connectivity index (χ4v) is 2.16. The first-order chi connectivity index (χ1) is 10.1. The topological polar surface area (TPSA) is 84.1 Å². The van der Waals surface area contributed by atoms with Gasteiger partial charge in [0.25, 0.3) is 11.5 Å². The molecule has 21 heavy (non-hydrogen) atoms. The van der Waals surface area contributed by atoms with Crippen LogP contribution in [0.1, 0.15) is 23.0 Å². The molecule has 1 amide bonds. The summed E-state index contributed by atoms with van der Waals surface area (Å²) in [6.07, 6.45) is 0. The summed E-state index contributed by atoms with van der Waals surface area (Å²) in [6, 6.07) is 8.00. The van der Waals surface area contributed by atoms with Crippen molar-refractivity contribution >= 4 is 27.5 Å². The van der Waals surface area contributed by atoms with Crippen molar-refractivity contribution in [2.24, 2.45) is 0 Å². The number of carbonyl (C=O) groups is 1. The minimum atomic E-state index is -0.393. The summed E-state index contributed by atoms with van der Waals surface area (Å²) in [4.78, 5) is 22.9. The Hall–Kier alpha value is -2.15. The molecule has 0 spiro atoms. The number of ether oxygens (including phenoxy) is 1. The molecule has 6 nitrogen and oxygen atoms in total. The van der Waals surface area contributed by atoms with Crippen LogP contribution in [0.15, 0.2) is 35.1 Å². The maximum Gasteiger partial charge on any atom is 0.276 e. The smallest absolute Gasteiger partial charge is 0.276 e. The zero-order chi connectivity index (χ0) is 15.2. The van der Waals surface area contributed by atoms with Crippen molar-refractivity contribution in [2.45, 2.75) is 12.3 Å². The summed E-state index contributed by atoms with van der Waals surface area (Å²) in [5, 5.41) is 9.24. The second-order valence-corrected chi connectivity index (χ2v) is 4.71. The molecule has 0 fully saturated rings. The van der Waals surface area contributed by atoms with Crippen molar-refractivity contribution in [1.82, 2.24) is 10.2 Å². The normalized spacial score (nSPS) is 10.2. The number of H-pyrrole nitrogens is 1. The summed E-state index contributed by atoms with van der Waals surface area (Å²) in [5.74, 6) is 0.380. The first-order valence-electron chi connectivity index (χ1n) is 6.32. The van der Waals surface area contributed by atoms with Gasteiger partial charge < -0.3 is 10.1 Å². The molecule has 2 rings (SSSR count). The number of hydrogen-bond acceptors (Lipinski definition) is 4. The number of halogens is 1. The molecule has 0 aliphatic carbocycles. The van der Waals surface area contributed by atoms with Gasteiger partial charge in [0.05, 0.1) is 6.61 Å². The number of benzene rings is 1. The zero-order valence-corrected chi connectivity index (χ0v) is 12.9. The minimum Gasteiger partial charge on any atom is -0.494 e. The Morgan fingerprint density at radius 3 is 2.81 bits per heavy atom. The summed E-state index contributed by atoms with van der Waals surface area (Å²) < 4.78 is 5.49. The highest BCUT2D eigenvalue weighted by Gasteiger charge is 2.10. The molecule has 0 aliphatic rings. The van der Waals surface area contributed by atoms with Gasteiger partial charge in [-0.3, -0.25) is 9.59 Å². The monoisotopic (exact) mass is 351 g/mol. The number of nitrogens with zero attached hydrogens (tertiary/aromatic N) is 1. The predicted molar refractivity (Wildman–Crippen MR) is 83.1 cm³/mol. The third kappa shape index (κ3) is 3.91. The lowest BCUT2D eigenvalue weighted by Crippen LogP contribution is -2.17. The number of anilines is 1. The molecular formula is C14H14BrN3O3. The lowest BCUT2D eigenvalue weighted by molar-refractivity contribution is 0.102. The van der Waals surface area contributed by atoms with Crippen molar-refractivity contribution in [3.8, 4) is 5.75 Å². The average Bonchev–Trinajstić information content (AvgIpc) is 2.49. The van der Waals surface area contributed by atoms with Crippen LogP contribution < -0.4 is 15.6 Å². The molecule has 0 unspecified atom stereocenters. The van der Waals surface area contributed by atoms with Crippen LogP contribution in [0.5, 0.6) is 5.75 Å². The van der Waals surface area contributed by atoms with E-state index < -0.39 is 5.91 Å². The quantitative estimate of drug-likeness (QED) is 0.809. The number of aromatic amines is 1. The van der Waals surface area contributed by atoms with Gasteiger partial charge in [0.2, 0.25) is 0 Å². The lowest BCUT2D eigenvalue weighted by atomic mass is 10.2. The van der Waals surface area contributed by atoms with Gasteiger partial charge in [0, 0.05) is 22.6 Å². The molecular weight excluding hydrogens is 338 g/mol. The van der Waals surface area contributed by atoms with Crippen LogP contribution in [0.2, 0.25) is 0 Å². The van der Waals surface area contributed by atoms with E-state index in [1.165, 1.54) is 12.1 Å². The van der Waals surface area contributed by atoms with Gasteiger partial charge in [-0.15, -0.1) is 0 Å². The Morgan fingerprint density at radius 2 is 2.19 bits per heavy atom. The standard InChI is InChI=1S/C14H14BrN3O3/c1-2-21-12-5-3-10(7-9(12)8-15)16-14(20)11-4-6-13(19)18-17-11/h3-7H,2,8H2,1H3,(H,16,20)(H,18,19). The highest BCUT2D eigenvalue weighted by atomic mass is 79.9. The summed E-state index contributed by atoms with van der Waals surface area (Å²) >= 11 is 3.39. The second kappa shape index (κ2) is 7.03. The Kier molecular flexibility index (Phi) is 5.10. The maximum absolute atomic E-state index is 12.0. The van der Waals surface area contributed by atoms with Gasteiger partial charge in [-0.25, -0.2) is 5.10 Å². The molecule has 1 aromatic heterocycles. The van der Waals surface area contributed by atoms with Crippen LogP contribution in [0.25, 0.3) is 0 Å². The Morgan fingerprint density at radius 1 is 1.38 bits per heavy atom. The van der Waals surface area contributed by atoms with Crippen LogP contribution in [0, 0.1) is 0 Å². The Labute approximate surface area is 129 Å². The highest BCUT2D eigenvalue weighted by molar-refractivity contribution is 9.08. The van der Waals surface area contributed by atoms with Crippen LogP contribution in [-0.2, 0) is 5.33 Å². The lowest BCUT2D eigenvalue weighted by Gasteiger charge is -2.11. The largest absolute Gasteiger partial charge is 0.494 e. The number of alkyl halides is 1. The van der Waals surface area contributed by atoms with Crippen molar-refractivity contribution in [3.05, 3.63) is 51.9 Å². The second-order valence-electron chi connectivity index (χ2n) is 4.15. The minimum absolute atomic E-state index is 0.142. The number of hydrogen-bond donors (Lipinski definition) is 2. The molecule has 0 saturated heterocycles. The maximum atomic E-state index is 12.0. The van der Waals surface area contributed by atoms with E-state index >= 15 is 0 Å². The highest BCUT2D eigenvalue weighted by Crippen LogP contribution is 2.25. The van der Waals surface area contributed by atoms with Gasteiger partial charge in [0.15, 0.2) is 0 Å². The molecule has 0 aliphatic heterocycles. The average molecular weight is 352 g/mol. The van der Waals surface area contributed by atoms with E-state index in [0.717, 1.165) is 11.3 Å². The van der Waals surface area contributed by atoms with E-state index in [4.69, 9.17) is 4.74 Å². The first-order valence-corrected chi connectivity index (χ1v) is 7.45. The number of rotatable bonds is 5. The van der Waals surface area contributed by atoms with Crippen molar-refractivity contribution in [1.29, 1.82) is 0 Å². The molecule has 0 saturated carbocycles. The zero-order valence-electron chi connectivity index (χ0n) is 11.4. The van der Waals surface area contributed by atoms with E-state index in [9.17, 15) is 9.59 Å². The summed E-state index contributed by atoms with van der Waals surface area (Å²) in [7, 11) is 0. The SMILES string of the molecule is CCOc1ccc(NC(=O)c2ccc(=O)[nH]n2)cc1CBr. The van der Waals surface area contributed by atoms with Crippen molar-refractivity contribution < 1.29 is 9.53 Å². The summed E-state index contributed by atoms with van der Waals surface area (Å²) in [6.45, 7) is 2.49. The first kappa shape index (κ1) is 15.2. The number of aromatic nitrogens is 2. The van der Waals surface area contributed by atoms with Crippen LogP contribution >= 0.6 is 15.9 Å². The van der Waals surface area contributed by atoms with Crippen molar-refractivity contribution in [3.63, 3.8) is 0 Å². The third-order valence-electron chi connectivity index (χ3n) is 2.67. The fraction of sp³-hybridized carbons (Fsp3) is 0.214. The third-order valence-corrected chi connectivity index (χ3v) is 3.28. The molecule has 1 heterocycles. The molecule has 2 aromatic rings. The molecule has 110 valence electrons. The molecule has 1 aromatic carbocycles. The molecule has 0 radical (unpaired) electrons. The van der Waals surface area contributed by atoms with Gasteiger partial charge in [-0.2, -0.15) is 5.10 Å². The Balaban J connectivity index is 2.17. The van der Waals surface area contributed by atoms with E-state index in [2.05, 4.69) is 31.4 Å². The summed E-state index contributed by atoms with van der Waals surface area (Å²) in [5.41, 5.74) is 1.35. The van der Waals surface area contributed by atoms with Crippen molar-refractivity contribution in [2.75, 3.05) is 11.9 Å². The fourth-order valence-electron chi connectivity index (χ4n) is 1.72. The van der Waals surface area contributed by atoms with E-state index in [-0.39, 0.29) is 11.3 Å². The Bertz CT molecular complexity index is 680. The van der Waals surface area contributed by atoms with E-state index in [1.807, 2.05) is 13.0 Å². The molecule has 0 atom stereocenters. The molecule has 0 bridgehead atoms. The molecule has 2 N–H and O–H groups in total. The van der Waals surface area contributed by atoms with Crippen LogP contribution in [0.3, 0.4) is 0 Å². The van der Waals surface area contributed by atoms with Crippen LogP contribution in [-0.4, -0.2) is 22.7 Å². The number of nitrogens with one attached hydrogen (secondary N) is 2. The van der Waals surface area contributed by atoms with E-state index in [1.54, 1.807) is 12.1 Å². The van der Waals surface area contributed by atoms with Gasteiger partial charge in [-0.05, 0) is 31.2 Å². The van der Waals surface area contributed by atoms with E-state index in [0.29, 0.717) is 17.6 Å². The van der Waals surface area contributed by atoms with Gasteiger partial charge >= 0.3 is 0 Å². The van der Waals surface area contributed by atoms with Gasteiger partial charge in [-0.1, -0.05) is 15.9 Å².